The Morgan fingerprint density at radius 3 is 2.48 bits per heavy atom. The highest BCUT2D eigenvalue weighted by Crippen LogP contribution is 2.22. The van der Waals surface area contributed by atoms with Gasteiger partial charge < -0.3 is 10.4 Å². The van der Waals surface area contributed by atoms with E-state index in [2.05, 4.69) is 15.9 Å². The Bertz CT molecular complexity index is 546. The van der Waals surface area contributed by atoms with Gasteiger partial charge in [-0.15, -0.1) is 0 Å². The van der Waals surface area contributed by atoms with Crippen LogP contribution < -0.4 is 5.32 Å². The molecule has 1 atom stereocenters. The first-order valence-electron chi connectivity index (χ1n) is 5.92. The Hall–Kier alpha value is -1.57. The van der Waals surface area contributed by atoms with Crippen LogP contribution >= 0.6 is 15.9 Å². The molecular weight excluding hydrogens is 355 g/mol. The van der Waals surface area contributed by atoms with Gasteiger partial charge in [0.2, 0.25) is 5.91 Å². The van der Waals surface area contributed by atoms with E-state index < -0.39 is 30.5 Å². The monoisotopic (exact) mass is 367 g/mol. The van der Waals surface area contributed by atoms with Gasteiger partial charge in [-0.2, -0.15) is 13.2 Å². The van der Waals surface area contributed by atoms with Gasteiger partial charge >= 0.3 is 12.1 Å². The van der Waals surface area contributed by atoms with E-state index in [1.165, 1.54) is 0 Å². The molecule has 0 aliphatic rings. The zero-order chi connectivity index (χ0) is 16.2. The second kappa shape index (κ2) is 6.93. The number of alkyl halides is 3. The van der Waals surface area contributed by atoms with E-state index >= 15 is 0 Å². The van der Waals surface area contributed by atoms with Gasteiger partial charge in [0.25, 0.3) is 0 Å². The second-order valence-corrected chi connectivity index (χ2v) is 5.39. The Morgan fingerprint density at radius 1 is 1.38 bits per heavy atom. The summed E-state index contributed by atoms with van der Waals surface area (Å²) >= 11 is 3.28. The normalized spacial score (nSPS) is 12.8. The number of nitrogens with one attached hydrogen (secondary N) is 1. The van der Waals surface area contributed by atoms with E-state index in [0.717, 1.165) is 10.0 Å². The van der Waals surface area contributed by atoms with Crippen molar-refractivity contribution >= 4 is 27.8 Å². The van der Waals surface area contributed by atoms with Crippen LogP contribution in [-0.2, 0) is 16.0 Å². The molecule has 21 heavy (non-hydrogen) atoms. The lowest BCUT2D eigenvalue weighted by Crippen LogP contribution is -2.44. The molecule has 0 heterocycles. The van der Waals surface area contributed by atoms with Crippen LogP contribution in [0.5, 0.6) is 0 Å². The summed E-state index contributed by atoms with van der Waals surface area (Å²) in [6, 6.07) is 3.08. The van der Waals surface area contributed by atoms with Crippen LogP contribution in [0.3, 0.4) is 0 Å². The average molecular weight is 368 g/mol. The number of aliphatic carboxylic acids is 1. The van der Waals surface area contributed by atoms with Gasteiger partial charge in [0.15, 0.2) is 0 Å². The lowest BCUT2D eigenvalue weighted by molar-refractivity contribution is -0.159. The molecule has 0 radical (unpaired) electrons. The zero-order valence-electron chi connectivity index (χ0n) is 11.0. The fourth-order valence-corrected chi connectivity index (χ4v) is 2.03. The summed E-state index contributed by atoms with van der Waals surface area (Å²) in [5, 5.41) is 10.6. The lowest BCUT2D eigenvalue weighted by Gasteiger charge is -2.16. The number of hydrogen-bond donors (Lipinski definition) is 2. The Morgan fingerprint density at radius 2 is 2.00 bits per heavy atom. The Kier molecular flexibility index (Phi) is 5.77. The number of carbonyl (C=O) groups excluding carboxylic acids is 1. The number of carboxylic acid groups (broad SMARTS) is 1. The van der Waals surface area contributed by atoms with Gasteiger partial charge in [-0.1, -0.05) is 28.1 Å². The molecule has 8 heteroatoms. The standard InChI is InChI=1S/C13H13BrF3NO3/c1-7-2-3-8(4-9(7)14)5-11(19)18-10(12(20)21)6-13(15,16)17/h2-4,10H,5-6H2,1H3,(H,18,19)(H,20,21). The van der Waals surface area contributed by atoms with Gasteiger partial charge in [0, 0.05) is 4.47 Å². The molecule has 0 fully saturated rings. The molecule has 0 saturated heterocycles. The lowest BCUT2D eigenvalue weighted by atomic mass is 10.1. The molecule has 116 valence electrons. The van der Waals surface area contributed by atoms with Crippen molar-refractivity contribution in [2.75, 3.05) is 0 Å². The number of benzene rings is 1. The zero-order valence-corrected chi connectivity index (χ0v) is 12.6. The van der Waals surface area contributed by atoms with E-state index in [1.807, 2.05) is 12.2 Å². The van der Waals surface area contributed by atoms with Gasteiger partial charge in [-0.05, 0) is 24.1 Å². The highest BCUT2D eigenvalue weighted by Gasteiger charge is 2.36. The average Bonchev–Trinajstić information content (AvgIpc) is 2.31. The minimum atomic E-state index is -4.66. The molecule has 1 unspecified atom stereocenters. The van der Waals surface area contributed by atoms with Crippen molar-refractivity contribution in [2.24, 2.45) is 0 Å². The van der Waals surface area contributed by atoms with Crippen LogP contribution in [0.1, 0.15) is 17.5 Å². The molecule has 1 amide bonds. The Balaban J connectivity index is 2.69. The maximum absolute atomic E-state index is 12.2. The van der Waals surface area contributed by atoms with Crippen molar-refractivity contribution in [3.63, 3.8) is 0 Å². The summed E-state index contributed by atoms with van der Waals surface area (Å²) in [7, 11) is 0. The number of hydrogen-bond acceptors (Lipinski definition) is 2. The minimum Gasteiger partial charge on any atom is -0.480 e. The van der Waals surface area contributed by atoms with Gasteiger partial charge in [0.1, 0.15) is 6.04 Å². The van der Waals surface area contributed by atoms with Crippen molar-refractivity contribution in [1.29, 1.82) is 0 Å². The Labute approximate surface area is 127 Å². The van der Waals surface area contributed by atoms with Crippen molar-refractivity contribution in [3.8, 4) is 0 Å². The smallest absolute Gasteiger partial charge is 0.391 e. The molecule has 1 aromatic carbocycles. The molecule has 2 N–H and O–H groups in total. The maximum Gasteiger partial charge on any atom is 0.391 e. The predicted molar refractivity (Wildman–Crippen MR) is 72.8 cm³/mol. The van der Waals surface area contributed by atoms with Crippen molar-refractivity contribution in [2.45, 2.75) is 32.0 Å². The number of carbonyl (C=O) groups is 2. The molecule has 0 aromatic heterocycles. The SMILES string of the molecule is Cc1ccc(CC(=O)NC(CC(F)(F)F)C(=O)O)cc1Br. The highest BCUT2D eigenvalue weighted by atomic mass is 79.9. The maximum atomic E-state index is 12.2. The summed E-state index contributed by atoms with van der Waals surface area (Å²) in [6.45, 7) is 1.84. The van der Waals surface area contributed by atoms with Crippen molar-refractivity contribution in [3.05, 3.63) is 33.8 Å². The second-order valence-electron chi connectivity index (χ2n) is 4.54. The van der Waals surface area contributed by atoms with Crippen molar-refractivity contribution < 1.29 is 27.9 Å². The summed E-state index contributed by atoms with van der Waals surface area (Å²) < 4.78 is 37.4. The van der Waals surface area contributed by atoms with E-state index in [0.29, 0.717) is 5.56 Å². The van der Waals surface area contributed by atoms with E-state index in [9.17, 15) is 22.8 Å². The summed E-state index contributed by atoms with van der Waals surface area (Å²) in [6.07, 6.45) is -6.46. The summed E-state index contributed by atoms with van der Waals surface area (Å²) in [5.41, 5.74) is 1.51. The number of aryl methyl sites for hydroxylation is 1. The highest BCUT2D eigenvalue weighted by molar-refractivity contribution is 9.10. The molecule has 4 nitrogen and oxygen atoms in total. The predicted octanol–water partition coefficient (Wildman–Crippen LogP) is 2.82. The number of amides is 1. The quantitative estimate of drug-likeness (QED) is 0.840. The molecule has 0 spiro atoms. The summed E-state index contributed by atoms with van der Waals surface area (Å²) in [5.74, 6) is -2.49. The largest absolute Gasteiger partial charge is 0.480 e. The van der Waals surface area contributed by atoms with Crippen LogP contribution in [0, 0.1) is 6.92 Å². The van der Waals surface area contributed by atoms with Gasteiger partial charge in [0.05, 0.1) is 12.8 Å². The van der Waals surface area contributed by atoms with Crippen LogP contribution in [0.2, 0.25) is 0 Å². The number of halogens is 4. The molecular formula is C13H13BrF3NO3. The third kappa shape index (κ3) is 6.16. The van der Waals surface area contributed by atoms with Crippen LogP contribution in [0.25, 0.3) is 0 Å². The third-order valence-electron chi connectivity index (χ3n) is 2.67. The first-order valence-corrected chi connectivity index (χ1v) is 6.72. The first kappa shape index (κ1) is 17.5. The van der Waals surface area contributed by atoms with E-state index in [1.54, 1.807) is 18.2 Å². The molecule has 0 saturated carbocycles. The fraction of sp³-hybridized carbons (Fsp3) is 0.385. The van der Waals surface area contributed by atoms with Gasteiger partial charge in [-0.25, -0.2) is 4.79 Å². The van der Waals surface area contributed by atoms with E-state index in [4.69, 9.17) is 5.11 Å². The molecule has 1 aromatic rings. The first-order chi connectivity index (χ1) is 9.58. The van der Waals surface area contributed by atoms with E-state index in [-0.39, 0.29) is 6.42 Å². The molecule has 1 rings (SSSR count). The van der Waals surface area contributed by atoms with Gasteiger partial charge in [-0.3, -0.25) is 4.79 Å². The van der Waals surface area contributed by atoms with Crippen LogP contribution in [-0.4, -0.2) is 29.2 Å². The number of carboxylic acids is 1. The topological polar surface area (TPSA) is 66.4 Å². The molecule has 0 aliphatic carbocycles. The van der Waals surface area contributed by atoms with Crippen LogP contribution in [0.15, 0.2) is 22.7 Å². The van der Waals surface area contributed by atoms with Crippen molar-refractivity contribution in [1.82, 2.24) is 5.32 Å². The molecule has 0 bridgehead atoms. The molecule has 0 aliphatic heterocycles. The minimum absolute atomic E-state index is 0.194. The van der Waals surface area contributed by atoms with Crippen LogP contribution in [0.4, 0.5) is 13.2 Å². The summed E-state index contributed by atoms with van der Waals surface area (Å²) in [4.78, 5) is 22.4. The number of rotatable bonds is 5. The third-order valence-corrected chi connectivity index (χ3v) is 3.52. The fourth-order valence-electron chi connectivity index (χ4n) is 1.61.